The average molecular weight is 469 g/mol. The van der Waals surface area contributed by atoms with Gasteiger partial charge in [0.25, 0.3) is 0 Å². The number of ether oxygens (including phenoxy) is 3. The highest BCUT2D eigenvalue weighted by Crippen LogP contribution is 2.33. The number of nitrogens with zero attached hydrogens (tertiary/aromatic N) is 2. The highest BCUT2D eigenvalue weighted by molar-refractivity contribution is 7.89. The van der Waals surface area contributed by atoms with Crippen LogP contribution < -0.4 is 9.47 Å². The first-order valence-electron chi connectivity index (χ1n) is 10.1. The van der Waals surface area contributed by atoms with E-state index in [1.807, 2.05) is 35.7 Å². The first-order chi connectivity index (χ1) is 14.9. The zero-order chi connectivity index (χ0) is 22.3. The Labute approximate surface area is 187 Å². The SMILES string of the molecule is CCS(=O)(=O)N(CCCOC)CC(=O)N(Cc1ccc2c(c1)OCO2)Cc1cccs1. The van der Waals surface area contributed by atoms with Crippen LogP contribution in [0.5, 0.6) is 11.5 Å². The van der Waals surface area contributed by atoms with Gasteiger partial charge in [-0.3, -0.25) is 4.79 Å². The minimum atomic E-state index is -3.52. The summed E-state index contributed by atoms with van der Waals surface area (Å²) in [5.74, 6) is 1.02. The van der Waals surface area contributed by atoms with Gasteiger partial charge in [-0.05, 0) is 42.5 Å². The van der Waals surface area contributed by atoms with Crippen molar-refractivity contribution < 1.29 is 27.4 Å². The molecule has 2 aromatic rings. The van der Waals surface area contributed by atoms with Gasteiger partial charge in [0, 0.05) is 31.7 Å². The zero-order valence-electron chi connectivity index (χ0n) is 17.8. The molecule has 8 nitrogen and oxygen atoms in total. The van der Waals surface area contributed by atoms with Gasteiger partial charge in [-0.1, -0.05) is 12.1 Å². The number of sulfonamides is 1. The van der Waals surface area contributed by atoms with Crippen molar-refractivity contribution in [2.45, 2.75) is 26.4 Å². The number of carbonyl (C=O) groups is 1. The Hall–Kier alpha value is -2.14. The summed E-state index contributed by atoms with van der Waals surface area (Å²) in [4.78, 5) is 16.0. The fraction of sp³-hybridized carbons (Fsp3) is 0.476. The van der Waals surface area contributed by atoms with E-state index in [1.54, 1.807) is 30.3 Å². The summed E-state index contributed by atoms with van der Waals surface area (Å²) in [5.41, 5.74) is 0.887. The quantitative estimate of drug-likeness (QED) is 0.445. The van der Waals surface area contributed by atoms with Crippen LogP contribution in [-0.4, -0.2) is 62.9 Å². The Balaban J connectivity index is 1.77. The molecule has 0 unspecified atom stereocenters. The van der Waals surface area contributed by atoms with Gasteiger partial charge in [0.2, 0.25) is 22.7 Å². The van der Waals surface area contributed by atoms with Gasteiger partial charge in [0.05, 0.1) is 18.8 Å². The topological polar surface area (TPSA) is 85.4 Å². The summed E-state index contributed by atoms with van der Waals surface area (Å²) in [7, 11) is -1.95. The molecule has 1 aromatic carbocycles. The summed E-state index contributed by atoms with van der Waals surface area (Å²) >= 11 is 1.56. The van der Waals surface area contributed by atoms with Crippen molar-refractivity contribution in [3.8, 4) is 11.5 Å². The first kappa shape index (κ1) is 23.5. The Morgan fingerprint density at radius 1 is 1.19 bits per heavy atom. The Morgan fingerprint density at radius 2 is 2.00 bits per heavy atom. The lowest BCUT2D eigenvalue weighted by atomic mass is 10.2. The molecule has 0 bridgehead atoms. The predicted molar refractivity (Wildman–Crippen MR) is 119 cm³/mol. The van der Waals surface area contributed by atoms with Crippen LogP contribution in [0.3, 0.4) is 0 Å². The molecule has 1 aromatic heterocycles. The molecule has 1 amide bonds. The fourth-order valence-electron chi connectivity index (χ4n) is 3.22. The van der Waals surface area contributed by atoms with E-state index in [4.69, 9.17) is 14.2 Å². The van der Waals surface area contributed by atoms with E-state index >= 15 is 0 Å². The van der Waals surface area contributed by atoms with Crippen LogP contribution in [0, 0.1) is 0 Å². The molecule has 0 fully saturated rings. The predicted octanol–water partition coefficient (Wildman–Crippen LogP) is 2.69. The third-order valence-corrected chi connectivity index (χ3v) is 7.60. The lowest BCUT2D eigenvalue weighted by molar-refractivity contribution is -0.132. The molecule has 170 valence electrons. The summed E-state index contributed by atoms with van der Waals surface area (Å²) < 4.78 is 42.2. The summed E-state index contributed by atoms with van der Waals surface area (Å²) in [6.45, 7) is 2.98. The number of methoxy groups -OCH3 is 1. The van der Waals surface area contributed by atoms with Crippen LogP contribution in [0.15, 0.2) is 35.7 Å². The second-order valence-electron chi connectivity index (χ2n) is 7.10. The molecule has 0 radical (unpaired) electrons. The maximum atomic E-state index is 13.3. The van der Waals surface area contributed by atoms with Gasteiger partial charge in [0.15, 0.2) is 11.5 Å². The molecule has 0 atom stereocenters. The van der Waals surface area contributed by atoms with E-state index in [9.17, 15) is 13.2 Å². The number of benzene rings is 1. The van der Waals surface area contributed by atoms with Gasteiger partial charge >= 0.3 is 0 Å². The molecule has 10 heteroatoms. The van der Waals surface area contributed by atoms with Crippen LogP contribution in [0.2, 0.25) is 0 Å². The van der Waals surface area contributed by atoms with Crippen molar-refractivity contribution in [3.63, 3.8) is 0 Å². The second kappa shape index (κ2) is 10.9. The number of thiophene rings is 1. The van der Waals surface area contributed by atoms with Crippen LogP contribution in [0.25, 0.3) is 0 Å². The van der Waals surface area contributed by atoms with E-state index in [2.05, 4.69) is 0 Å². The van der Waals surface area contributed by atoms with Crippen molar-refractivity contribution in [2.75, 3.05) is 39.4 Å². The zero-order valence-corrected chi connectivity index (χ0v) is 19.4. The monoisotopic (exact) mass is 468 g/mol. The maximum Gasteiger partial charge on any atom is 0.238 e. The summed E-state index contributed by atoms with van der Waals surface area (Å²) in [6.07, 6.45) is 0.524. The molecule has 31 heavy (non-hydrogen) atoms. The first-order valence-corrected chi connectivity index (χ1v) is 12.6. The molecule has 0 spiro atoms. The third-order valence-electron chi connectivity index (χ3n) is 4.92. The molecule has 1 aliphatic rings. The maximum absolute atomic E-state index is 13.3. The third kappa shape index (κ3) is 6.42. The minimum absolute atomic E-state index is 0.0552. The second-order valence-corrected chi connectivity index (χ2v) is 10.4. The standard InChI is InChI=1S/C21H28N2O6S2/c1-3-31(25,26)23(9-5-10-27-2)15-21(24)22(14-18-6-4-11-30-18)13-17-7-8-19-20(12-17)29-16-28-19/h4,6-8,11-12H,3,5,9-10,13-16H2,1-2H3. The van der Waals surface area contributed by atoms with Crippen LogP contribution in [0.4, 0.5) is 0 Å². The van der Waals surface area contributed by atoms with Gasteiger partial charge in [-0.25, -0.2) is 8.42 Å². The molecule has 0 saturated carbocycles. The van der Waals surface area contributed by atoms with Crippen LogP contribution in [-0.2, 0) is 32.6 Å². The average Bonchev–Trinajstić information content (AvgIpc) is 3.44. The number of fused-ring (bicyclic) bond motifs is 1. The normalized spacial score (nSPS) is 13.0. The molecule has 0 saturated heterocycles. The van der Waals surface area contributed by atoms with Crippen molar-refractivity contribution in [1.29, 1.82) is 0 Å². The van der Waals surface area contributed by atoms with E-state index < -0.39 is 10.0 Å². The van der Waals surface area contributed by atoms with Crippen molar-refractivity contribution in [2.24, 2.45) is 0 Å². The highest BCUT2D eigenvalue weighted by atomic mass is 32.2. The fourth-order valence-corrected chi connectivity index (χ4v) is 5.02. The number of hydrogen-bond donors (Lipinski definition) is 0. The lowest BCUT2D eigenvalue weighted by Crippen LogP contribution is -2.43. The van der Waals surface area contributed by atoms with Gasteiger partial charge in [0.1, 0.15) is 0 Å². The van der Waals surface area contributed by atoms with E-state index in [1.165, 1.54) is 4.31 Å². The Kier molecular flexibility index (Phi) is 8.30. The number of amides is 1. The highest BCUT2D eigenvalue weighted by Gasteiger charge is 2.26. The largest absolute Gasteiger partial charge is 0.454 e. The van der Waals surface area contributed by atoms with E-state index in [0.29, 0.717) is 37.6 Å². The van der Waals surface area contributed by atoms with Crippen LogP contribution >= 0.6 is 11.3 Å². The molecule has 3 rings (SSSR count). The van der Waals surface area contributed by atoms with Gasteiger partial charge in [-0.2, -0.15) is 4.31 Å². The van der Waals surface area contributed by atoms with Crippen molar-refractivity contribution in [3.05, 3.63) is 46.2 Å². The van der Waals surface area contributed by atoms with Crippen molar-refractivity contribution >= 4 is 27.3 Å². The number of hydrogen-bond acceptors (Lipinski definition) is 7. The van der Waals surface area contributed by atoms with Crippen molar-refractivity contribution in [1.82, 2.24) is 9.21 Å². The minimum Gasteiger partial charge on any atom is -0.454 e. The summed E-state index contributed by atoms with van der Waals surface area (Å²) in [6, 6.07) is 9.47. The van der Waals surface area contributed by atoms with E-state index in [0.717, 1.165) is 10.4 Å². The molecule has 0 N–H and O–H groups in total. The molecular weight excluding hydrogens is 440 g/mol. The molecule has 2 heterocycles. The Morgan fingerprint density at radius 3 is 2.71 bits per heavy atom. The number of carbonyl (C=O) groups excluding carboxylic acids is 1. The van der Waals surface area contributed by atoms with Crippen LogP contribution in [0.1, 0.15) is 23.8 Å². The van der Waals surface area contributed by atoms with Gasteiger partial charge in [-0.15, -0.1) is 11.3 Å². The van der Waals surface area contributed by atoms with Gasteiger partial charge < -0.3 is 19.1 Å². The molecule has 0 aliphatic carbocycles. The smallest absolute Gasteiger partial charge is 0.238 e. The van der Waals surface area contributed by atoms with E-state index in [-0.39, 0.29) is 31.5 Å². The Bertz CT molecular complexity index is 962. The molecule has 1 aliphatic heterocycles. The summed E-state index contributed by atoms with van der Waals surface area (Å²) in [5, 5.41) is 1.96. The number of rotatable bonds is 12. The lowest BCUT2D eigenvalue weighted by Gasteiger charge is -2.27. The molecular formula is C21H28N2O6S2.